The summed E-state index contributed by atoms with van der Waals surface area (Å²) in [5.74, 6) is 0.440. The molecular weight excluding hydrogens is 385 g/mol. The molecule has 3 N–H and O–H groups in total. The second-order valence-corrected chi connectivity index (χ2v) is 6.24. The number of aromatic nitrogens is 2. The Bertz CT molecular complexity index is 726. The molecule has 0 radical (unpaired) electrons. The van der Waals surface area contributed by atoms with Crippen LogP contribution in [0.15, 0.2) is 24.3 Å². The van der Waals surface area contributed by atoms with Crippen molar-refractivity contribution in [3.63, 3.8) is 0 Å². The van der Waals surface area contributed by atoms with Gasteiger partial charge in [-0.2, -0.15) is 8.78 Å². The Hall–Kier alpha value is -1.44. The number of halogens is 4. The zero-order valence-corrected chi connectivity index (χ0v) is 15.9. The molecule has 1 aliphatic rings. The summed E-state index contributed by atoms with van der Waals surface area (Å²) in [5, 5.41) is 2.86. The van der Waals surface area contributed by atoms with Crippen LogP contribution in [0, 0.1) is 11.8 Å². The maximum atomic E-state index is 13.3. The summed E-state index contributed by atoms with van der Waals surface area (Å²) in [6, 6.07) is 6.81. The third-order valence-electron chi connectivity index (χ3n) is 4.81. The van der Waals surface area contributed by atoms with Crippen LogP contribution in [0.2, 0.25) is 0 Å². The number of amides is 1. The average molecular weight is 409 g/mol. The number of alkyl halides is 2. The largest absolute Gasteiger partial charge is 0.355 e. The van der Waals surface area contributed by atoms with Gasteiger partial charge >= 0.3 is 6.55 Å². The van der Waals surface area contributed by atoms with E-state index in [0.29, 0.717) is 24.1 Å². The summed E-state index contributed by atoms with van der Waals surface area (Å²) < 4.78 is 27.6. The fraction of sp³-hybridized carbons (Fsp3) is 0.529. The highest BCUT2D eigenvalue weighted by atomic mass is 35.5. The van der Waals surface area contributed by atoms with Crippen LogP contribution in [-0.2, 0) is 11.2 Å². The Kier molecular flexibility index (Phi) is 8.73. The van der Waals surface area contributed by atoms with E-state index in [2.05, 4.69) is 10.3 Å². The van der Waals surface area contributed by atoms with Crippen LogP contribution in [0.3, 0.4) is 0 Å². The van der Waals surface area contributed by atoms with Gasteiger partial charge in [-0.15, -0.1) is 24.8 Å². The summed E-state index contributed by atoms with van der Waals surface area (Å²) in [5.41, 5.74) is 6.65. The molecule has 1 saturated carbocycles. The van der Waals surface area contributed by atoms with Gasteiger partial charge in [-0.05, 0) is 37.4 Å². The SMILES string of the molecule is Cl.Cl.NC[C@H]1CCC[C@H]1C(=O)NCCc1nc2ccccc2n1C(F)F. The lowest BCUT2D eigenvalue weighted by molar-refractivity contribution is -0.125. The quantitative estimate of drug-likeness (QED) is 0.769. The van der Waals surface area contributed by atoms with Crippen LogP contribution in [0.1, 0.15) is 31.6 Å². The molecule has 3 rings (SSSR count). The second kappa shape index (κ2) is 10.0. The molecule has 1 heterocycles. The second-order valence-electron chi connectivity index (χ2n) is 6.24. The molecule has 2 atom stereocenters. The van der Waals surface area contributed by atoms with E-state index >= 15 is 0 Å². The standard InChI is InChI=1S/C17H22F2N4O.2ClH/c18-17(19)23-14-7-2-1-6-13(14)22-15(23)8-9-21-16(24)12-5-3-4-11(12)10-20;;/h1-2,6-7,11-12,17H,3-5,8-10,20H2,(H,21,24);2*1H/t11-,12-;;/m1../s1. The van der Waals surface area contributed by atoms with Gasteiger partial charge in [0.25, 0.3) is 0 Å². The van der Waals surface area contributed by atoms with Crippen molar-refractivity contribution in [2.45, 2.75) is 32.2 Å². The third kappa shape index (κ3) is 4.64. The topological polar surface area (TPSA) is 72.9 Å². The van der Waals surface area contributed by atoms with Crippen LogP contribution in [0.5, 0.6) is 0 Å². The number of hydrogen-bond acceptors (Lipinski definition) is 3. The molecule has 9 heteroatoms. The maximum absolute atomic E-state index is 13.3. The van der Waals surface area contributed by atoms with E-state index in [-0.39, 0.29) is 54.8 Å². The number of carbonyl (C=O) groups is 1. The smallest absolute Gasteiger partial charge is 0.320 e. The fourth-order valence-electron chi connectivity index (χ4n) is 3.58. The molecule has 0 spiro atoms. The van der Waals surface area contributed by atoms with Crippen molar-refractivity contribution in [1.82, 2.24) is 14.9 Å². The van der Waals surface area contributed by atoms with Gasteiger partial charge in [-0.1, -0.05) is 18.6 Å². The zero-order chi connectivity index (χ0) is 17.1. The maximum Gasteiger partial charge on any atom is 0.320 e. The molecule has 1 aliphatic carbocycles. The first-order valence-corrected chi connectivity index (χ1v) is 8.33. The lowest BCUT2D eigenvalue weighted by atomic mass is 9.95. The Morgan fingerprint density at radius 2 is 2.04 bits per heavy atom. The predicted octanol–water partition coefficient (Wildman–Crippen LogP) is 3.31. The number of imidazole rings is 1. The number of hydrogen-bond donors (Lipinski definition) is 2. The van der Waals surface area contributed by atoms with Gasteiger partial charge in [-0.25, -0.2) is 4.98 Å². The number of para-hydroxylation sites is 2. The van der Waals surface area contributed by atoms with Crippen molar-refractivity contribution in [1.29, 1.82) is 0 Å². The molecule has 1 aromatic carbocycles. The third-order valence-corrected chi connectivity index (χ3v) is 4.81. The highest BCUT2D eigenvalue weighted by Crippen LogP contribution is 2.31. The van der Waals surface area contributed by atoms with Crippen molar-refractivity contribution in [2.24, 2.45) is 17.6 Å². The Balaban J connectivity index is 0.00000169. The van der Waals surface area contributed by atoms with Crippen molar-refractivity contribution in [2.75, 3.05) is 13.1 Å². The molecular formula is C17H24Cl2F2N4O. The summed E-state index contributed by atoms with van der Waals surface area (Å²) in [4.78, 5) is 16.5. The normalized spacial score (nSPS) is 19.2. The lowest BCUT2D eigenvalue weighted by Crippen LogP contribution is -2.36. The Morgan fingerprint density at radius 3 is 2.73 bits per heavy atom. The van der Waals surface area contributed by atoms with Crippen molar-refractivity contribution >= 4 is 41.8 Å². The highest BCUT2D eigenvalue weighted by Gasteiger charge is 2.31. The molecule has 26 heavy (non-hydrogen) atoms. The number of nitrogens with one attached hydrogen (secondary N) is 1. The van der Waals surface area contributed by atoms with E-state index in [0.717, 1.165) is 23.8 Å². The molecule has 0 aliphatic heterocycles. The summed E-state index contributed by atoms with van der Waals surface area (Å²) in [7, 11) is 0. The molecule has 2 aromatic rings. The summed E-state index contributed by atoms with van der Waals surface area (Å²) in [6.45, 7) is -1.85. The average Bonchev–Trinajstić information content (AvgIpc) is 3.18. The number of benzene rings is 1. The minimum Gasteiger partial charge on any atom is -0.355 e. The molecule has 0 unspecified atom stereocenters. The lowest BCUT2D eigenvalue weighted by Gasteiger charge is -2.17. The van der Waals surface area contributed by atoms with Crippen LogP contribution in [-0.4, -0.2) is 28.5 Å². The van der Waals surface area contributed by atoms with E-state index in [1.807, 2.05) is 0 Å². The number of carbonyl (C=O) groups excluding carboxylic acids is 1. The molecule has 1 fully saturated rings. The van der Waals surface area contributed by atoms with Crippen LogP contribution >= 0.6 is 24.8 Å². The molecule has 5 nitrogen and oxygen atoms in total. The monoisotopic (exact) mass is 408 g/mol. The van der Waals surface area contributed by atoms with Crippen molar-refractivity contribution < 1.29 is 13.6 Å². The molecule has 0 bridgehead atoms. The van der Waals surface area contributed by atoms with Gasteiger partial charge in [0.1, 0.15) is 5.82 Å². The molecule has 1 amide bonds. The minimum atomic E-state index is -2.65. The van der Waals surface area contributed by atoms with E-state index < -0.39 is 6.55 Å². The van der Waals surface area contributed by atoms with E-state index in [1.165, 1.54) is 0 Å². The zero-order valence-electron chi connectivity index (χ0n) is 14.2. The highest BCUT2D eigenvalue weighted by molar-refractivity contribution is 5.85. The van der Waals surface area contributed by atoms with Crippen LogP contribution < -0.4 is 11.1 Å². The number of nitrogens with zero attached hydrogens (tertiary/aromatic N) is 2. The molecule has 146 valence electrons. The Morgan fingerprint density at radius 1 is 1.31 bits per heavy atom. The minimum absolute atomic E-state index is 0. The first kappa shape index (κ1) is 22.6. The van der Waals surface area contributed by atoms with Gasteiger partial charge in [0.15, 0.2) is 0 Å². The number of nitrogens with two attached hydrogens (primary N) is 1. The van der Waals surface area contributed by atoms with Crippen LogP contribution in [0.25, 0.3) is 11.0 Å². The van der Waals surface area contributed by atoms with Gasteiger partial charge in [-0.3, -0.25) is 9.36 Å². The first-order chi connectivity index (χ1) is 11.6. The van der Waals surface area contributed by atoms with E-state index in [9.17, 15) is 13.6 Å². The van der Waals surface area contributed by atoms with Gasteiger partial charge in [0.05, 0.1) is 11.0 Å². The van der Waals surface area contributed by atoms with Crippen molar-refractivity contribution in [3.8, 4) is 0 Å². The fourth-order valence-corrected chi connectivity index (χ4v) is 3.58. The predicted molar refractivity (Wildman–Crippen MR) is 102 cm³/mol. The van der Waals surface area contributed by atoms with E-state index in [4.69, 9.17) is 5.73 Å². The van der Waals surface area contributed by atoms with Crippen LogP contribution in [0.4, 0.5) is 8.78 Å². The summed E-state index contributed by atoms with van der Waals surface area (Å²) >= 11 is 0. The van der Waals surface area contributed by atoms with Crippen molar-refractivity contribution in [3.05, 3.63) is 30.1 Å². The molecule has 1 aromatic heterocycles. The Labute approximate surface area is 163 Å². The van der Waals surface area contributed by atoms with Gasteiger partial charge in [0, 0.05) is 18.9 Å². The van der Waals surface area contributed by atoms with Gasteiger partial charge < -0.3 is 11.1 Å². The number of fused-ring (bicyclic) bond motifs is 1. The first-order valence-electron chi connectivity index (χ1n) is 8.33. The number of rotatable bonds is 6. The van der Waals surface area contributed by atoms with Gasteiger partial charge in [0.2, 0.25) is 5.91 Å². The van der Waals surface area contributed by atoms with E-state index in [1.54, 1.807) is 24.3 Å². The molecule has 0 saturated heterocycles. The summed E-state index contributed by atoms with van der Waals surface area (Å²) in [6.07, 6.45) is 3.12.